The minimum absolute atomic E-state index is 0.197. The summed E-state index contributed by atoms with van der Waals surface area (Å²) in [6.07, 6.45) is 6.89. The molecule has 0 atom stereocenters. The third kappa shape index (κ3) is 3.24. The second kappa shape index (κ2) is 5.99. The Morgan fingerprint density at radius 1 is 1.24 bits per heavy atom. The van der Waals surface area contributed by atoms with Crippen molar-refractivity contribution in [2.75, 3.05) is 5.73 Å². The molecule has 1 aromatic carbocycles. The molecule has 0 spiro atoms. The number of hydrogen-bond acceptors (Lipinski definition) is 4. The molecule has 0 aliphatic heterocycles. The van der Waals surface area contributed by atoms with E-state index < -0.39 is 0 Å². The second-order valence-electron chi connectivity index (χ2n) is 5.42. The van der Waals surface area contributed by atoms with Gasteiger partial charge in [-0.2, -0.15) is 5.10 Å². The van der Waals surface area contributed by atoms with Gasteiger partial charge in [0.2, 0.25) is 0 Å². The fraction of sp³-hybridized carbons (Fsp3) is 0.375. The molecule has 1 aromatic heterocycles. The molecule has 1 aliphatic carbocycles. The van der Waals surface area contributed by atoms with Crippen LogP contribution in [0.25, 0.3) is 0 Å². The molecule has 0 amide bonds. The lowest BCUT2D eigenvalue weighted by atomic mass is 10.2. The van der Waals surface area contributed by atoms with Gasteiger partial charge in [-0.3, -0.25) is 4.68 Å². The van der Waals surface area contributed by atoms with Crippen LogP contribution in [0.15, 0.2) is 36.5 Å². The molecule has 1 heterocycles. The lowest BCUT2D eigenvalue weighted by Crippen LogP contribution is -2.08. The van der Waals surface area contributed by atoms with Crippen LogP contribution in [-0.4, -0.2) is 15.7 Å². The minimum Gasteiger partial charge on any atom is -0.456 e. The van der Waals surface area contributed by atoms with Crippen molar-refractivity contribution in [1.82, 2.24) is 9.78 Å². The fourth-order valence-corrected chi connectivity index (χ4v) is 2.67. The maximum Gasteiger partial charge on any atom is 0.338 e. The molecular formula is C16H19N3O2. The van der Waals surface area contributed by atoms with Crippen molar-refractivity contribution >= 4 is 11.7 Å². The zero-order valence-corrected chi connectivity index (χ0v) is 11.9. The average Bonchev–Trinajstić information content (AvgIpc) is 3.16. The number of nitrogen functional groups attached to an aromatic ring is 1. The predicted molar refractivity (Wildman–Crippen MR) is 79.7 cm³/mol. The van der Waals surface area contributed by atoms with Crippen molar-refractivity contribution < 1.29 is 9.53 Å². The lowest BCUT2D eigenvalue weighted by Gasteiger charge is -2.09. The highest BCUT2D eigenvalue weighted by molar-refractivity contribution is 5.89. The minimum atomic E-state index is -0.356. The van der Waals surface area contributed by atoms with E-state index in [-0.39, 0.29) is 12.6 Å². The number of ether oxygens (including phenoxy) is 1. The SMILES string of the molecule is Nc1ccc(C(=O)OCc2ccn(C3CCCC3)n2)cc1. The van der Waals surface area contributed by atoms with Crippen LogP contribution in [0.5, 0.6) is 0 Å². The summed E-state index contributed by atoms with van der Waals surface area (Å²) in [5, 5.41) is 4.49. The van der Waals surface area contributed by atoms with E-state index >= 15 is 0 Å². The van der Waals surface area contributed by atoms with E-state index in [1.165, 1.54) is 25.7 Å². The number of carbonyl (C=O) groups is 1. The summed E-state index contributed by atoms with van der Waals surface area (Å²) in [5.74, 6) is -0.356. The van der Waals surface area contributed by atoms with Gasteiger partial charge in [0.1, 0.15) is 6.61 Å². The van der Waals surface area contributed by atoms with Crippen molar-refractivity contribution in [2.24, 2.45) is 0 Å². The van der Waals surface area contributed by atoms with Crippen molar-refractivity contribution in [3.05, 3.63) is 47.8 Å². The number of hydrogen-bond donors (Lipinski definition) is 1. The van der Waals surface area contributed by atoms with Gasteiger partial charge in [0.15, 0.2) is 0 Å². The van der Waals surface area contributed by atoms with E-state index in [0.29, 0.717) is 17.3 Å². The third-order valence-corrected chi connectivity index (χ3v) is 3.86. The Kier molecular flexibility index (Phi) is 3.90. The largest absolute Gasteiger partial charge is 0.456 e. The van der Waals surface area contributed by atoms with Gasteiger partial charge in [-0.25, -0.2) is 4.79 Å². The molecule has 0 radical (unpaired) electrons. The van der Waals surface area contributed by atoms with Crippen molar-refractivity contribution in [2.45, 2.75) is 38.3 Å². The topological polar surface area (TPSA) is 70.1 Å². The first-order chi connectivity index (χ1) is 10.2. The highest BCUT2D eigenvalue weighted by Crippen LogP contribution is 2.28. The standard InChI is InChI=1S/C16H19N3O2/c17-13-7-5-12(6-8-13)16(20)21-11-14-9-10-19(18-14)15-3-1-2-4-15/h5-10,15H,1-4,11,17H2. The molecule has 3 rings (SSSR count). The molecule has 2 N–H and O–H groups in total. The van der Waals surface area contributed by atoms with E-state index in [0.717, 1.165) is 5.69 Å². The van der Waals surface area contributed by atoms with Crippen molar-refractivity contribution in [3.8, 4) is 0 Å². The Morgan fingerprint density at radius 2 is 1.95 bits per heavy atom. The molecule has 0 bridgehead atoms. The van der Waals surface area contributed by atoms with Crippen LogP contribution >= 0.6 is 0 Å². The highest BCUT2D eigenvalue weighted by atomic mass is 16.5. The molecule has 2 aromatic rings. The third-order valence-electron chi connectivity index (χ3n) is 3.86. The van der Waals surface area contributed by atoms with Crippen LogP contribution in [-0.2, 0) is 11.3 Å². The summed E-state index contributed by atoms with van der Waals surface area (Å²) in [6, 6.07) is 9.11. The Bertz CT molecular complexity index is 613. The Hall–Kier alpha value is -2.30. The summed E-state index contributed by atoms with van der Waals surface area (Å²) in [7, 11) is 0. The fourth-order valence-electron chi connectivity index (χ4n) is 2.67. The van der Waals surface area contributed by atoms with E-state index in [2.05, 4.69) is 5.10 Å². The average molecular weight is 285 g/mol. The number of anilines is 1. The highest BCUT2D eigenvalue weighted by Gasteiger charge is 2.17. The number of aromatic nitrogens is 2. The summed E-state index contributed by atoms with van der Waals surface area (Å²) in [4.78, 5) is 11.9. The zero-order valence-electron chi connectivity index (χ0n) is 11.9. The van der Waals surface area contributed by atoms with E-state index in [4.69, 9.17) is 10.5 Å². The molecule has 0 saturated heterocycles. The number of carbonyl (C=O) groups excluding carboxylic acids is 1. The number of rotatable bonds is 4. The maximum atomic E-state index is 11.9. The molecule has 110 valence electrons. The van der Waals surface area contributed by atoms with E-state index in [9.17, 15) is 4.79 Å². The quantitative estimate of drug-likeness (QED) is 0.692. The van der Waals surface area contributed by atoms with E-state index in [1.54, 1.807) is 24.3 Å². The molecule has 1 aliphatic rings. The van der Waals surface area contributed by atoms with Crippen LogP contribution in [0.4, 0.5) is 5.69 Å². The predicted octanol–water partition coefficient (Wildman–Crippen LogP) is 2.94. The first-order valence-electron chi connectivity index (χ1n) is 7.29. The molecular weight excluding hydrogens is 266 g/mol. The van der Waals surface area contributed by atoms with Gasteiger partial charge < -0.3 is 10.5 Å². The summed E-state index contributed by atoms with van der Waals surface area (Å²) in [6.45, 7) is 0.197. The zero-order chi connectivity index (χ0) is 14.7. The Balaban J connectivity index is 1.57. The smallest absolute Gasteiger partial charge is 0.338 e. The molecule has 1 saturated carbocycles. The van der Waals surface area contributed by atoms with E-state index in [1.807, 2.05) is 16.9 Å². The second-order valence-corrected chi connectivity index (χ2v) is 5.42. The van der Waals surface area contributed by atoms with Crippen LogP contribution in [0, 0.1) is 0 Å². The van der Waals surface area contributed by atoms with Crippen LogP contribution < -0.4 is 5.73 Å². The van der Waals surface area contributed by atoms with Crippen LogP contribution in [0.1, 0.15) is 47.8 Å². The van der Waals surface area contributed by atoms with Gasteiger partial charge >= 0.3 is 5.97 Å². The van der Waals surface area contributed by atoms with Gasteiger partial charge in [-0.05, 0) is 43.2 Å². The molecule has 1 fully saturated rings. The van der Waals surface area contributed by atoms with Crippen molar-refractivity contribution in [1.29, 1.82) is 0 Å². The lowest BCUT2D eigenvalue weighted by molar-refractivity contribution is 0.0467. The first kappa shape index (κ1) is 13.7. The van der Waals surface area contributed by atoms with Gasteiger partial charge in [0, 0.05) is 11.9 Å². The number of benzene rings is 1. The number of nitrogens with zero attached hydrogens (tertiary/aromatic N) is 2. The maximum absolute atomic E-state index is 11.9. The van der Waals surface area contributed by atoms with Gasteiger partial charge in [-0.15, -0.1) is 0 Å². The number of esters is 1. The normalized spacial score (nSPS) is 15.2. The summed E-state index contributed by atoms with van der Waals surface area (Å²) >= 11 is 0. The number of nitrogens with two attached hydrogens (primary N) is 1. The first-order valence-corrected chi connectivity index (χ1v) is 7.29. The van der Waals surface area contributed by atoms with Gasteiger partial charge in [0.25, 0.3) is 0 Å². The summed E-state index contributed by atoms with van der Waals surface area (Å²) < 4.78 is 7.27. The van der Waals surface area contributed by atoms with Gasteiger partial charge in [0.05, 0.1) is 17.3 Å². The van der Waals surface area contributed by atoms with Crippen LogP contribution in [0.3, 0.4) is 0 Å². The van der Waals surface area contributed by atoms with Crippen LogP contribution in [0.2, 0.25) is 0 Å². The monoisotopic (exact) mass is 285 g/mol. The summed E-state index contributed by atoms with van der Waals surface area (Å²) in [5.41, 5.74) is 7.50. The van der Waals surface area contributed by atoms with Crippen molar-refractivity contribution in [3.63, 3.8) is 0 Å². The molecule has 21 heavy (non-hydrogen) atoms. The van der Waals surface area contributed by atoms with Gasteiger partial charge in [-0.1, -0.05) is 12.8 Å². The Labute approximate surface area is 123 Å². The Morgan fingerprint density at radius 3 is 2.67 bits per heavy atom. The molecule has 5 nitrogen and oxygen atoms in total. The molecule has 0 unspecified atom stereocenters. The molecule has 5 heteroatoms.